The van der Waals surface area contributed by atoms with E-state index in [-0.39, 0.29) is 11.7 Å². The molecule has 166 valence electrons. The Morgan fingerprint density at radius 2 is 1.73 bits per heavy atom. The summed E-state index contributed by atoms with van der Waals surface area (Å²) in [7, 11) is 0. The van der Waals surface area contributed by atoms with Crippen molar-refractivity contribution in [3.05, 3.63) is 95.0 Å². The molecule has 1 heterocycles. The highest BCUT2D eigenvalue weighted by Crippen LogP contribution is 2.36. The quantitative estimate of drug-likeness (QED) is 0.221. The fraction of sp³-hybridized carbons (Fsp3) is 0.0833. The monoisotopic (exact) mass is 477 g/mol. The zero-order valence-electron chi connectivity index (χ0n) is 17.6. The molecule has 0 bridgehead atoms. The van der Waals surface area contributed by atoms with Crippen molar-refractivity contribution in [3.8, 4) is 11.4 Å². The minimum atomic E-state index is -0.656. The van der Waals surface area contributed by atoms with Gasteiger partial charge in [0.15, 0.2) is 11.6 Å². The first-order chi connectivity index (χ1) is 15.9. The predicted molar refractivity (Wildman–Crippen MR) is 131 cm³/mol. The average Bonchev–Trinajstić information content (AvgIpc) is 3.18. The van der Waals surface area contributed by atoms with E-state index in [1.165, 1.54) is 23.4 Å². The van der Waals surface area contributed by atoms with Crippen molar-refractivity contribution in [2.24, 2.45) is 0 Å². The van der Waals surface area contributed by atoms with Gasteiger partial charge in [0.1, 0.15) is 5.25 Å². The number of nitrogen functional groups attached to an aromatic ring is 1. The van der Waals surface area contributed by atoms with Crippen LogP contribution in [0.25, 0.3) is 11.4 Å². The Morgan fingerprint density at radius 3 is 2.42 bits per heavy atom. The molecule has 1 atom stereocenters. The van der Waals surface area contributed by atoms with Crippen molar-refractivity contribution in [1.29, 1.82) is 0 Å². The van der Waals surface area contributed by atoms with E-state index in [0.717, 1.165) is 11.1 Å². The van der Waals surface area contributed by atoms with E-state index in [0.29, 0.717) is 27.3 Å². The van der Waals surface area contributed by atoms with Gasteiger partial charge in [-0.15, -0.1) is 10.2 Å². The van der Waals surface area contributed by atoms with Gasteiger partial charge in [-0.2, -0.15) is 0 Å². The molecule has 4 rings (SSSR count). The number of anilines is 1. The van der Waals surface area contributed by atoms with Gasteiger partial charge >= 0.3 is 0 Å². The molecular formula is C24H20ClN5O2S. The fourth-order valence-corrected chi connectivity index (χ4v) is 4.27. The Hall–Kier alpha value is -3.62. The molecular weight excluding hydrogens is 458 g/mol. The van der Waals surface area contributed by atoms with Crippen molar-refractivity contribution < 1.29 is 9.59 Å². The van der Waals surface area contributed by atoms with Gasteiger partial charge in [0.05, 0.1) is 0 Å². The summed E-state index contributed by atoms with van der Waals surface area (Å²) in [5.74, 6) is 6.38. The summed E-state index contributed by atoms with van der Waals surface area (Å²) in [6, 6.07) is 23.2. The van der Waals surface area contributed by atoms with E-state index in [1.807, 2.05) is 30.3 Å². The van der Waals surface area contributed by atoms with E-state index in [2.05, 4.69) is 15.5 Å². The van der Waals surface area contributed by atoms with Crippen LogP contribution in [0.3, 0.4) is 0 Å². The van der Waals surface area contributed by atoms with Crippen LogP contribution in [-0.2, 0) is 4.79 Å². The number of nitrogens with two attached hydrogens (primary N) is 1. The van der Waals surface area contributed by atoms with Gasteiger partial charge in [-0.1, -0.05) is 65.8 Å². The third-order valence-electron chi connectivity index (χ3n) is 4.87. The number of Topliss-reactive ketones (excluding diaryl/α,β-unsaturated/α-hetero) is 1. The maximum Gasteiger partial charge on any atom is 0.242 e. The topological polar surface area (TPSA) is 103 Å². The first-order valence-electron chi connectivity index (χ1n) is 10.0. The van der Waals surface area contributed by atoms with Crippen LogP contribution in [0, 0.1) is 0 Å². The smallest absolute Gasteiger partial charge is 0.242 e. The highest BCUT2D eigenvalue weighted by molar-refractivity contribution is 8.00. The lowest BCUT2D eigenvalue weighted by atomic mass is 10.1. The second-order valence-electron chi connectivity index (χ2n) is 7.22. The van der Waals surface area contributed by atoms with Gasteiger partial charge in [-0.05, 0) is 48.9 Å². The largest absolute Gasteiger partial charge is 0.335 e. The van der Waals surface area contributed by atoms with E-state index in [1.54, 1.807) is 48.5 Å². The number of hydrogen-bond acceptors (Lipinski definition) is 6. The molecule has 3 aromatic carbocycles. The normalized spacial score (nSPS) is 11.7. The third kappa shape index (κ3) is 5.24. The molecule has 0 fully saturated rings. The van der Waals surface area contributed by atoms with Crippen LogP contribution in [0.1, 0.15) is 28.1 Å². The molecule has 9 heteroatoms. The third-order valence-corrected chi connectivity index (χ3v) is 6.33. The second kappa shape index (κ2) is 9.89. The summed E-state index contributed by atoms with van der Waals surface area (Å²) in [5.41, 5.74) is 2.58. The zero-order valence-corrected chi connectivity index (χ0v) is 19.2. The molecule has 4 aromatic rings. The van der Waals surface area contributed by atoms with Crippen molar-refractivity contribution >= 4 is 40.7 Å². The number of aromatic nitrogens is 3. The number of rotatable bonds is 7. The highest BCUT2D eigenvalue weighted by atomic mass is 35.5. The molecule has 0 aliphatic carbocycles. The van der Waals surface area contributed by atoms with E-state index in [4.69, 9.17) is 17.4 Å². The molecule has 33 heavy (non-hydrogen) atoms. The Balaban J connectivity index is 1.62. The summed E-state index contributed by atoms with van der Waals surface area (Å²) < 4.78 is 1.35. The Labute approximate surface area is 199 Å². The van der Waals surface area contributed by atoms with Crippen molar-refractivity contribution in [3.63, 3.8) is 0 Å². The number of amides is 1. The van der Waals surface area contributed by atoms with Crippen LogP contribution >= 0.6 is 23.4 Å². The number of ketones is 1. The molecule has 0 radical (unpaired) electrons. The van der Waals surface area contributed by atoms with Crippen LogP contribution in [0.5, 0.6) is 0 Å². The van der Waals surface area contributed by atoms with E-state index < -0.39 is 5.25 Å². The number of thioether (sulfide) groups is 1. The maximum atomic E-state index is 13.3. The molecule has 0 spiro atoms. The van der Waals surface area contributed by atoms with E-state index in [9.17, 15) is 9.59 Å². The van der Waals surface area contributed by atoms with Crippen LogP contribution in [0.15, 0.2) is 84.0 Å². The molecule has 0 saturated carbocycles. The molecule has 7 nitrogen and oxygen atoms in total. The summed E-state index contributed by atoms with van der Waals surface area (Å²) in [4.78, 5) is 25.0. The van der Waals surface area contributed by atoms with Crippen LogP contribution < -0.4 is 11.2 Å². The Bertz CT molecular complexity index is 1290. The summed E-state index contributed by atoms with van der Waals surface area (Å²) in [6.07, 6.45) is 0. The SMILES string of the molecule is CC(=O)c1cccc(NC(=O)C(Sc2nnc(-c3ccc(Cl)cc3)n2N)c2ccccc2)c1. The molecule has 1 amide bonds. The first-order valence-corrected chi connectivity index (χ1v) is 11.3. The van der Waals surface area contributed by atoms with Crippen molar-refractivity contribution in [2.45, 2.75) is 17.3 Å². The lowest BCUT2D eigenvalue weighted by Gasteiger charge is -2.17. The number of carbonyl (C=O) groups excluding carboxylic acids is 2. The number of nitrogens with one attached hydrogen (secondary N) is 1. The summed E-state index contributed by atoms with van der Waals surface area (Å²) in [5, 5.41) is 11.6. The summed E-state index contributed by atoms with van der Waals surface area (Å²) >= 11 is 7.15. The van der Waals surface area contributed by atoms with Crippen LogP contribution in [0.2, 0.25) is 5.02 Å². The van der Waals surface area contributed by atoms with E-state index >= 15 is 0 Å². The van der Waals surface area contributed by atoms with Crippen molar-refractivity contribution in [1.82, 2.24) is 14.9 Å². The summed E-state index contributed by atoms with van der Waals surface area (Å²) in [6.45, 7) is 1.48. The first kappa shape index (κ1) is 22.6. The number of hydrogen-bond donors (Lipinski definition) is 2. The zero-order chi connectivity index (χ0) is 23.4. The molecule has 1 aromatic heterocycles. The molecule has 0 aliphatic rings. The lowest BCUT2D eigenvalue weighted by Crippen LogP contribution is -2.20. The fourth-order valence-electron chi connectivity index (χ4n) is 3.18. The van der Waals surface area contributed by atoms with Gasteiger partial charge in [-0.3, -0.25) is 9.59 Å². The number of carbonyl (C=O) groups is 2. The Morgan fingerprint density at radius 1 is 1.00 bits per heavy atom. The van der Waals surface area contributed by atoms with Gasteiger partial charge in [-0.25, -0.2) is 4.68 Å². The predicted octanol–water partition coefficient (Wildman–Crippen LogP) is 4.99. The van der Waals surface area contributed by atoms with Crippen LogP contribution in [-0.4, -0.2) is 26.6 Å². The standard InChI is InChI=1S/C24H20ClN5O2S/c1-15(31)18-8-5-9-20(14-18)27-23(32)21(16-6-3-2-4-7-16)33-24-29-28-22(30(24)26)17-10-12-19(25)13-11-17/h2-14,21H,26H2,1H3,(H,27,32). The Kier molecular flexibility index (Phi) is 6.76. The van der Waals surface area contributed by atoms with Crippen molar-refractivity contribution in [2.75, 3.05) is 11.2 Å². The average molecular weight is 478 g/mol. The maximum absolute atomic E-state index is 13.3. The molecule has 0 saturated heterocycles. The molecule has 1 unspecified atom stereocenters. The minimum Gasteiger partial charge on any atom is -0.335 e. The molecule has 3 N–H and O–H groups in total. The van der Waals surface area contributed by atoms with Gasteiger partial charge in [0.2, 0.25) is 11.1 Å². The number of halogens is 1. The second-order valence-corrected chi connectivity index (χ2v) is 8.73. The molecule has 0 aliphatic heterocycles. The van der Waals surface area contributed by atoms with Gasteiger partial charge in [0.25, 0.3) is 0 Å². The number of nitrogens with zero attached hydrogens (tertiary/aromatic N) is 3. The van der Waals surface area contributed by atoms with Gasteiger partial charge in [0, 0.05) is 21.8 Å². The van der Waals surface area contributed by atoms with Crippen LogP contribution in [0.4, 0.5) is 5.69 Å². The minimum absolute atomic E-state index is 0.0777. The number of benzene rings is 3. The highest BCUT2D eigenvalue weighted by Gasteiger charge is 2.26. The lowest BCUT2D eigenvalue weighted by molar-refractivity contribution is -0.115. The van der Waals surface area contributed by atoms with Gasteiger partial charge < -0.3 is 11.2 Å².